The minimum Gasteiger partial charge on any atom is -0.314 e. The van der Waals surface area contributed by atoms with E-state index in [1.165, 1.54) is 12.1 Å². The molecule has 7 heteroatoms. The highest BCUT2D eigenvalue weighted by atomic mass is 35.5. The lowest BCUT2D eigenvalue weighted by Gasteiger charge is -2.33. The van der Waals surface area contributed by atoms with Gasteiger partial charge in [-0.05, 0) is 17.7 Å². The number of alkyl halides is 4. The zero-order chi connectivity index (χ0) is 13.9. The number of benzene rings is 1. The van der Waals surface area contributed by atoms with Crippen LogP contribution in [0.15, 0.2) is 24.3 Å². The molecule has 1 aliphatic rings. The monoisotopic (exact) mass is 312 g/mol. The van der Waals surface area contributed by atoms with Gasteiger partial charge in [0, 0.05) is 26.2 Å². The van der Waals surface area contributed by atoms with Gasteiger partial charge in [-0.3, -0.25) is 4.90 Å². The molecule has 0 amide bonds. The lowest BCUT2D eigenvalue weighted by Crippen LogP contribution is -2.45. The van der Waals surface area contributed by atoms with Crippen molar-refractivity contribution in [1.29, 1.82) is 0 Å². The van der Waals surface area contributed by atoms with Crippen LogP contribution in [0.4, 0.5) is 17.6 Å². The highest BCUT2D eigenvalue weighted by Crippen LogP contribution is 2.31. The zero-order valence-electron chi connectivity index (χ0n) is 10.8. The number of hydrogen-bond donors (Lipinski definition) is 1. The van der Waals surface area contributed by atoms with Crippen LogP contribution in [0, 0.1) is 0 Å². The number of hydrogen-bond acceptors (Lipinski definition) is 2. The molecule has 1 aromatic rings. The quantitative estimate of drug-likeness (QED) is 0.863. The molecule has 0 spiro atoms. The van der Waals surface area contributed by atoms with E-state index in [1.807, 2.05) is 4.90 Å². The lowest BCUT2D eigenvalue weighted by molar-refractivity contribution is -0.137. The number of nitrogens with zero attached hydrogens (tertiary/aromatic N) is 1. The number of piperazine rings is 1. The van der Waals surface area contributed by atoms with E-state index < -0.39 is 24.5 Å². The molecule has 1 aromatic carbocycles. The SMILES string of the molecule is Cl.FC[C@@H](c1ccc(C(F)(F)F)cc1)N1CCNCC1. The maximum absolute atomic E-state index is 13.2. The van der Waals surface area contributed by atoms with Crippen LogP contribution in [-0.2, 0) is 6.18 Å². The van der Waals surface area contributed by atoms with Crippen LogP contribution in [-0.4, -0.2) is 37.8 Å². The Hall–Kier alpha value is -0.850. The molecule has 1 heterocycles. The normalized spacial score (nSPS) is 18.4. The van der Waals surface area contributed by atoms with Crippen molar-refractivity contribution in [3.63, 3.8) is 0 Å². The molecule has 114 valence electrons. The van der Waals surface area contributed by atoms with E-state index in [2.05, 4.69) is 5.32 Å². The van der Waals surface area contributed by atoms with Gasteiger partial charge in [-0.15, -0.1) is 12.4 Å². The molecule has 1 saturated heterocycles. The van der Waals surface area contributed by atoms with Crippen LogP contribution in [0.5, 0.6) is 0 Å². The molecule has 20 heavy (non-hydrogen) atoms. The van der Waals surface area contributed by atoms with Crippen LogP contribution >= 0.6 is 12.4 Å². The summed E-state index contributed by atoms with van der Waals surface area (Å²) in [7, 11) is 0. The van der Waals surface area contributed by atoms with Gasteiger partial charge in [0.15, 0.2) is 0 Å². The van der Waals surface area contributed by atoms with E-state index in [1.54, 1.807) is 0 Å². The van der Waals surface area contributed by atoms with Gasteiger partial charge in [-0.25, -0.2) is 4.39 Å². The van der Waals surface area contributed by atoms with Gasteiger partial charge in [0.1, 0.15) is 6.67 Å². The zero-order valence-corrected chi connectivity index (χ0v) is 11.6. The maximum Gasteiger partial charge on any atom is 0.416 e. The summed E-state index contributed by atoms with van der Waals surface area (Å²) in [4.78, 5) is 1.96. The Balaban J connectivity index is 0.00000200. The van der Waals surface area contributed by atoms with E-state index >= 15 is 0 Å². The Labute approximate surface area is 121 Å². The molecule has 2 rings (SSSR count). The van der Waals surface area contributed by atoms with Crippen molar-refractivity contribution >= 4 is 12.4 Å². The molecule has 0 aliphatic carbocycles. The molecule has 0 radical (unpaired) electrons. The third kappa shape index (κ3) is 4.07. The largest absolute Gasteiger partial charge is 0.416 e. The van der Waals surface area contributed by atoms with Gasteiger partial charge in [-0.1, -0.05) is 12.1 Å². The molecule has 0 bridgehead atoms. The molecular weight excluding hydrogens is 296 g/mol. The maximum atomic E-state index is 13.2. The van der Waals surface area contributed by atoms with Crippen molar-refractivity contribution in [2.45, 2.75) is 12.2 Å². The summed E-state index contributed by atoms with van der Waals surface area (Å²) < 4.78 is 50.6. The Kier molecular flexibility index (Phi) is 6.23. The van der Waals surface area contributed by atoms with E-state index in [4.69, 9.17) is 0 Å². The fourth-order valence-corrected chi connectivity index (χ4v) is 2.29. The van der Waals surface area contributed by atoms with E-state index in [-0.39, 0.29) is 12.4 Å². The van der Waals surface area contributed by atoms with Gasteiger partial charge >= 0.3 is 6.18 Å². The van der Waals surface area contributed by atoms with Crippen molar-refractivity contribution in [1.82, 2.24) is 10.2 Å². The summed E-state index contributed by atoms with van der Waals surface area (Å²) in [6.07, 6.45) is -4.35. The van der Waals surface area contributed by atoms with Crippen molar-refractivity contribution in [3.05, 3.63) is 35.4 Å². The summed E-state index contributed by atoms with van der Waals surface area (Å²) in [5.74, 6) is 0. The standard InChI is InChI=1S/C13H16F4N2.ClH/c14-9-12(19-7-5-18-6-8-19)10-1-3-11(4-2-10)13(15,16)17;/h1-4,12,18H,5-9H2;1H/t12-;/m0./s1. The Morgan fingerprint density at radius 3 is 2.10 bits per heavy atom. The first-order valence-corrected chi connectivity index (χ1v) is 6.20. The van der Waals surface area contributed by atoms with E-state index in [0.717, 1.165) is 25.2 Å². The summed E-state index contributed by atoms with van der Waals surface area (Å²) in [5, 5.41) is 3.16. The van der Waals surface area contributed by atoms with Crippen LogP contribution in [0.1, 0.15) is 17.2 Å². The number of nitrogens with one attached hydrogen (secondary N) is 1. The predicted molar refractivity (Wildman–Crippen MR) is 71.9 cm³/mol. The third-order valence-electron chi connectivity index (χ3n) is 3.36. The lowest BCUT2D eigenvalue weighted by atomic mass is 10.0. The molecule has 2 nitrogen and oxygen atoms in total. The highest BCUT2D eigenvalue weighted by molar-refractivity contribution is 5.85. The molecule has 1 aliphatic heterocycles. The second-order valence-electron chi connectivity index (χ2n) is 4.58. The first kappa shape index (κ1) is 17.2. The average molecular weight is 313 g/mol. The summed E-state index contributed by atoms with van der Waals surface area (Å²) >= 11 is 0. The van der Waals surface area contributed by atoms with Crippen molar-refractivity contribution in [3.8, 4) is 0 Å². The predicted octanol–water partition coefficient (Wildman–Crippen LogP) is 3.04. The van der Waals surface area contributed by atoms with Crippen molar-refractivity contribution in [2.24, 2.45) is 0 Å². The van der Waals surface area contributed by atoms with Crippen molar-refractivity contribution < 1.29 is 17.6 Å². The van der Waals surface area contributed by atoms with Gasteiger partial charge in [-0.2, -0.15) is 13.2 Å². The van der Waals surface area contributed by atoms with Crippen LogP contribution in [0.25, 0.3) is 0 Å². The minimum absolute atomic E-state index is 0. The van der Waals surface area contributed by atoms with E-state index in [0.29, 0.717) is 18.7 Å². The first-order valence-electron chi connectivity index (χ1n) is 6.20. The molecule has 0 unspecified atom stereocenters. The third-order valence-corrected chi connectivity index (χ3v) is 3.36. The molecular formula is C13H17ClF4N2. The van der Waals surface area contributed by atoms with Crippen LogP contribution in [0.2, 0.25) is 0 Å². The van der Waals surface area contributed by atoms with E-state index in [9.17, 15) is 17.6 Å². The Bertz CT molecular complexity index is 402. The van der Waals surface area contributed by atoms with Crippen molar-refractivity contribution in [2.75, 3.05) is 32.9 Å². The summed E-state index contributed by atoms with van der Waals surface area (Å²) in [6.45, 7) is 2.37. The second kappa shape index (κ2) is 7.24. The smallest absolute Gasteiger partial charge is 0.314 e. The molecule has 1 fully saturated rings. The van der Waals surface area contributed by atoms with Gasteiger partial charge in [0.05, 0.1) is 11.6 Å². The summed E-state index contributed by atoms with van der Waals surface area (Å²) in [5.41, 5.74) is -0.105. The number of rotatable bonds is 3. The molecule has 1 N–H and O–H groups in total. The Morgan fingerprint density at radius 1 is 1.10 bits per heavy atom. The highest BCUT2D eigenvalue weighted by Gasteiger charge is 2.30. The average Bonchev–Trinajstić information content (AvgIpc) is 2.40. The van der Waals surface area contributed by atoms with Gasteiger partial charge in [0.25, 0.3) is 0 Å². The van der Waals surface area contributed by atoms with Crippen LogP contribution < -0.4 is 5.32 Å². The fraction of sp³-hybridized carbons (Fsp3) is 0.538. The second-order valence-corrected chi connectivity index (χ2v) is 4.58. The topological polar surface area (TPSA) is 15.3 Å². The Morgan fingerprint density at radius 2 is 1.65 bits per heavy atom. The summed E-state index contributed by atoms with van der Waals surface area (Å²) in [6, 6.07) is 4.31. The number of halogens is 5. The minimum atomic E-state index is -4.35. The fourth-order valence-electron chi connectivity index (χ4n) is 2.29. The van der Waals surface area contributed by atoms with Gasteiger partial charge < -0.3 is 5.32 Å². The van der Waals surface area contributed by atoms with Crippen LogP contribution in [0.3, 0.4) is 0 Å². The molecule has 0 aromatic heterocycles. The molecule has 1 atom stereocenters. The first-order chi connectivity index (χ1) is 9.02. The van der Waals surface area contributed by atoms with Gasteiger partial charge in [0.2, 0.25) is 0 Å². The molecule has 0 saturated carbocycles.